The maximum atomic E-state index is 12.5. The number of aromatic amines is 1. The molecule has 0 aliphatic carbocycles. The number of aryl methyl sites for hydroxylation is 2. The average molecular weight is 317 g/mol. The number of hydrogen-bond acceptors (Lipinski definition) is 4. The van der Waals surface area contributed by atoms with Gasteiger partial charge in [-0.3, -0.25) is 9.82 Å². The van der Waals surface area contributed by atoms with Gasteiger partial charge < -0.3 is 4.42 Å². The van der Waals surface area contributed by atoms with Crippen LogP contribution in [0.3, 0.4) is 0 Å². The van der Waals surface area contributed by atoms with E-state index in [9.17, 15) is 8.42 Å². The van der Waals surface area contributed by atoms with E-state index in [4.69, 9.17) is 4.42 Å². The van der Waals surface area contributed by atoms with Crippen molar-refractivity contribution in [3.8, 4) is 11.5 Å². The number of benzene rings is 1. The number of nitrogens with one attached hydrogen (secondary N) is 2. The van der Waals surface area contributed by atoms with Crippen molar-refractivity contribution in [1.29, 1.82) is 0 Å². The van der Waals surface area contributed by atoms with Gasteiger partial charge in [-0.25, -0.2) is 8.42 Å². The molecule has 0 aliphatic rings. The number of aromatic nitrogens is 2. The highest BCUT2D eigenvalue weighted by Gasteiger charge is 2.22. The van der Waals surface area contributed by atoms with Crippen LogP contribution in [0.5, 0.6) is 0 Å². The van der Waals surface area contributed by atoms with E-state index in [-0.39, 0.29) is 4.90 Å². The predicted molar refractivity (Wildman–Crippen MR) is 83.0 cm³/mol. The van der Waals surface area contributed by atoms with Gasteiger partial charge in [0.15, 0.2) is 5.76 Å². The summed E-state index contributed by atoms with van der Waals surface area (Å²) in [6, 6.07) is 10.4. The lowest BCUT2D eigenvalue weighted by molar-refractivity contribution is 0.534. The van der Waals surface area contributed by atoms with Crippen molar-refractivity contribution in [1.82, 2.24) is 10.2 Å². The summed E-state index contributed by atoms with van der Waals surface area (Å²) in [4.78, 5) is 0.110. The molecule has 0 radical (unpaired) electrons. The van der Waals surface area contributed by atoms with Crippen molar-refractivity contribution in [3.63, 3.8) is 0 Å². The molecule has 0 aliphatic heterocycles. The van der Waals surface area contributed by atoms with E-state index in [1.165, 1.54) is 6.07 Å². The largest absolute Gasteiger partial charge is 0.458 e. The number of rotatable bonds is 4. The standard InChI is InChI=1S/C15H15N3O3S/c1-10-4-3-5-12(8-10)18-22(19,20)15-9-14(21-11(15)2)13-6-7-16-17-13/h3-9,18H,1-2H3,(H,16,17). The topological polar surface area (TPSA) is 88.0 Å². The first-order valence-electron chi connectivity index (χ1n) is 6.65. The van der Waals surface area contributed by atoms with Gasteiger partial charge in [0.05, 0.1) is 0 Å². The lowest BCUT2D eigenvalue weighted by Crippen LogP contribution is -2.13. The molecule has 2 heterocycles. The predicted octanol–water partition coefficient (Wildman–Crippen LogP) is 3.09. The molecule has 2 N–H and O–H groups in total. The smallest absolute Gasteiger partial charge is 0.265 e. The van der Waals surface area contributed by atoms with Crippen LogP contribution in [0.1, 0.15) is 11.3 Å². The highest BCUT2D eigenvalue weighted by molar-refractivity contribution is 7.92. The molecule has 22 heavy (non-hydrogen) atoms. The first-order chi connectivity index (χ1) is 10.5. The summed E-state index contributed by atoms with van der Waals surface area (Å²) < 4.78 is 33.1. The number of nitrogens with zero attached hydrogens (tertiary/aromatic N) is 1. The third kappa shape index (κ3) is 2.75. The fraction of sp³-hybridized carbons (Fsp3) is 0.133. The number of sulfonamides is 1. The first kappa shape index (κ1) is 14.4. The lowest BCUT2D eigenvalue weighted by Gasteiger charge is -2.07. The Balaban J connectivity index is 1.96. The van der Waals surface area contributed by atoms with Crippen LogP contribution >= 0.6 is 0 Å². The van der Waals surface area contributed by atoms with E-state index in [0.717, 1.165) is 5.56 Å². The molecule has 3 rings (SSSR count). The van der Waals surface area contributed by atoms with E-state index in [2.05, 4.69) is 14.9 Å². The van der Waals surface area contributed by atoms with Crippen molar-refractivity contribution in [2.24, 2.45) is 0 Å². The Hall–Kier alpha value is -2.54. The molecule has 0 saturated carbocycles. The zero-order valence-corrected chi connectivity index (χ0v) is 12.9. The minimum absolute atomic E-state index is 0.110. The molecule has 0 atom stereocenters. The van der Waals surface area contributed by atoms with Gasteiger partial charge >= 0.3 is 0 Å². The molecule has 0 spiro atoms. The normalized spacial score (nSPS) is 11.5. The van der Waals surface area contributed by atoms with Crippen LogP contribution < -0.4 is 4.72 Å². The number of furan rings is 1. The maximum absolute atomic E-state index is 12.5. The van der Waals surface area contributed by atoms with Crippen LogP contribution in [-0.4, -0.2) is 18.6 Å². The van der Waals surface area contributed by atoms with Crippen molar-refractivity contribution < 1.29 is 12.8 Å². The van der Waals surface area contributed by atoms with Gasteiger partial charge in [-0.2, -0.15) is 5.10 Å². The zero-order chi connectivity index (χ0) is 15.7. The van der Waals surface area contributed by atoms with Gasteiger partial charge in [0.1, 0.15) is 16.3 Å². The second-order valence-electron chi connectivity index (χ2n) is 4.98. The highest BCUT2D eigenvalue weighted by Crippen LogP contribution is 2.28. The van der Waals surface area contributed by atoms with Gasteiger partial charge in [0.2, 0.25) is 0 Å². The van der Waals surface area contributed by atoms with Crippen molar-refractivity contribution in [3.05, 3.63) is 53.9 Å². The van der Waals surface area contributed by atoms with Crippen molar-refractivity contribution in [2.45, 2.75) is 18.7 Å². The van der Waals surface area contributed by atoms with Gasteiger partial charge in [0.25, 0.3) is 10.0 Å². The van der Waals surface area contributed by atoms with Crippen LogP contribution in [0, 0.1) is 13.8 Å². The monoisotopic (exact) mass is 317 g/mol. The van der Waals surface area contributed by atoms with Crippen LogP contribution in [-0.2, 0) is 10.0 Å². The average Bonchev–Trinajstić information content (AvgIpc) is 3.07. The Morgan fingerprint density at radius 3 is 2.68 bits per heavy atom. The summed E-state index contributed by atoms with van der Waals surface area (Å²) >= 11 is 0. The molecular formula is C15H15N3O3S. The molecule has 0 fully saturated rings. The Morgan fingerprint density at radius 2 is 2.00 bits per heavy atom. The molecule has 7 heteroatoms. The van der Waals surface area contributed by atoms with Gasteiger partial charge in [-0.1, -0.05) is 12.1 Å². The second kappa shape index (κ2) is 5.34. The summed E-state index contributed by atoms with van der Waals surface area (Å²) in [5.74, 6) is 0.754. The van der Waals surface area contributed by atoms with E-state index in [0.29, 0.717) is 22.9 Å². The van der Waals surface area contributed by atoms with Crippen LogP contribution in [0.4, 0.5) is 5.69 Å². The molecule has 6 nitrogen and oxygen atoms in total. The lowest BCUT2D eigenvalue weighted by atomic mass is 10.2. The SMILES string of the molecule is Cc1cccc(NS(=O)(=O)c2cc(-c3ccn[nH]3)oc2C)c1. The maximum Gasteiger partial charge on any atom is 0.265 e. The van der Waals surface area contributed by atoms with Crippen LogP contribution in [0.15, 0.2) is 51.9 Å². The summed E-state index contributed by atoms with van der Waals surface area (Å²) in [5.41, 5.74) is 2.12. The second-order valence-corrected chi connectivity index (χ2v) is 6.63. The molecule has 2 aromatic heterocycles. The number of H-pyrrole nitrogens is 1. The molecular weight excluding hydrogens is 302 g/mol. The number of anilines is 1. The Labute approximate surface area is 128 Å². The van der Waals surface area contributed by atoms with E-state index >= 15 is 0 Å². The third-order valence-electron chi connectivity index (χ3n) is 3.20. The van der Waals surface area contributed by atoms with Crippen molar-refractivity contribution >= 4 is 15.7 Å². The molecule has 0 unspecified atom stereocenters. The minimum atomic E-state index is -3.71. The summed E-state index contributed by atoms with van der Waals surface area (Å²) in [6.07, 6.45) is 1.58. The third-order valence-corrected chi connectivity index (χ3v) is 4.69. The van der Waals surface area contributed by atoms with Crippen molar-refractivity contribution in [2.75, 3.05) is 4.72 Å². The van der Waals surface area contributed by atoms with E-state index in [1.54, 1.807) is 37.4 Å². The molecule has 0 amide bonds. The van der Waals surface area contributed by atoms with Gasteiger partial charge in [-0.05, 0) is 37.6 Å². The minimum Gasteiger partial charge on any atom is -0.458 e. The van der Waals surface area contributed by atoms with Crippen LogP contribution in [0.25, 0.3) is 11.5 Å². The Bertz CT molecular complexity index is 896. The summed E-state index contributed by atoms with van der Waals surface area (Å²) in [6.45, 7) is 3.52. The molecule has 0 bridgehead atoms. The molecule has 3 aromatic rings. The summed E-state index contributed by atoms with van der Waals surface area (Å²) in [5, 5.41) is 6.57. The van der Waals surface area contributed by atoms with Gasteiger partial charge in [-0.15, -0.1) is 0 Å². The quantitative estimate of drug-likeness (QED) is 0.774. The molecule has 0 saturated heterocycles. The Morgan fingerprint density at radius 1 is 1.18 bits per heavy atom. The van der Waals surface area contributed by atoms with E-state index in [1.807, 2.05) is 13.0 Å². The van der Waals surface area contributed by atoms with Crippen LogP contribution in [0.2, 0.25) is 0 Å². The first-order valence-corrected chi connectivity index (χ1v) is 8.14. The molecule has 114 valence electrons. The van der Waals surface area contributed by atoms with Gasteiger partial charge in [0, 0.05) is 18.0 Å². The van der Waals surface area contributed by atoms with E-state index < -0.39 is 10.0 Å². The fourth-order valence-corrected chi connectivity index (χ4v) is 3.41. The number of hydrogen-bond donors (Lipinski definition) is 2. The Kier molecular flexibility index (Phi) is 3.50. The zero-order valence-electron chi connectivity index (χ0n) is 12.1. The summed E-state index contributed by atoms with van der Waals surface area (Å²) in [7, 11) is -3.71. The molecule has 1 aromatic carbocycles. The fourth-order valence-electron chi connectivity index (χ4n) is 2.18. The highest BCUT2D eigenvalue weighted by atomic mass is 32.2.